The van der Waals surface area contributed by atoms with Crippen LogP contribution >= 0.6 is 11.3 Å². The highest BCUT2D eigenvalue weighted by Crippen LogP contribution is 2.41. The number of carbonyl (C=O) groups is 4. The predicted octanol–water partition coefficient (Wildman–Crippen LogP) is 7.68. The Morgan fingerprint density at radius 2 is 1.68 bits per heavy atom. The first-order chi connectivity index (χ1) is 30.1. The molecular formula is C48H53N7O6S. The van der Waals surface area contributed by atoms with Crippen LogP contribution in [0.15, 0.2) is 71.5 Å². The van der Waals surface area contributed by atoms with Gasteiger partial charge >= 0.3 is 5.69 Å². The molecule has 2 atom stereocenters. The van der Waals surface area contributed by atoms with Crippen molar-refractivity contribution < 1.29 is 23.9 Å². The number of ether oxygens (including phenoxy) is 1. The van der Waals surface area contributed by atoms with Crippen molar-refractivity contribution in [2.24, 2.45) is 7.05 Å². The van der Waals surface area contributed by atoms with E-state index in [-0.39, 0.29) is 48.0 Å². The minimum absolute atomic E-state index is 0.0322. The van der Waals surface area contributed by atoms with Crippen molar-refractivity contribution in [1.82, 2.24) is 30.1 Å². The molecule has 2 aliphatic heterocycles. The largest absolute Gasteiger partial charge is 0.490 e. The summed E-state index contributed by atoms with van der Waals surface area (Å²) in [6, 6.07) is 21.9. The molecule has 4 N–H and O–H groups in total. The quantitative estimate of drug-likeness (QED) is 0.0679. The van der Waals surface area contributed by atoms with Crippen molar-refractivity contribution in [2.45, 2.75) is 115 Å². The number of rotatable bonds is 13. The molecule has 3 aromatic heterocycles. The summed E-state index contributed by atoms with van der Waals surface area (Å²) in [5, 5.41) is 14.2. The van der Waals surface area contributed by atoms with Gasteiger partial charge in [0, 0.05) is 59.6 Å². The standard InChI is InChI=1S/C48H53N7O6S/c1-28-27-49-44-43-34-19-20-35(52-36(34)21-24-40(43)62-45(44)47(59)50-28)30-11-15-32(16-12-30)61-33-17-13-31(14-18-33)51-41(56)9-7-5-3-4-6-8-29-10-22-37-39(26-29)54(2)48(60)55(37)38-23-25-42(57)53-46(38)58/h10-12,15-16,19-22,24,26,28,31,33,38,49H,3-9,13-14,17-18,23,25,27H2,1-2H3,(H,50,59)(H,51,56)(H,53,57,58)/t28-,31?,33?,38?/m1/s1. The Morgan fingerprint density at radius 1 is 0.887 bits per heavy atom. The number of hydrogen-bond donors (Lipinski definition) is 4. The molecule has 1 saturated heterocycles. The number of aromatic nitrogens is 3. The molecule has 1 aliphatic carbocycles. The van der Waals surface area contributed by atoms with E-state index in [1.54, 1.807) is 11.6 Å². The van der Waals surface area contributed by atoms with E-state index in [4.69, 9.17) is 9.72 Å². The number of nitrogens with one attached hydrogen (secondary N) is 4. The van der Waals surface area contributed by atoms with Crippen LogP contribution in [0.3, 0.4) is 0 Å². The number of imide groups is 1. The van der Waals surface area contributed by atoms with Crippen LogP contribution in [0.2, 0.25) is 0 Å². The molecule has 9 rings (SSSR count). The number of hydrogen-bond acceptors (Lipinski definition) is 9. The van der Waals surface area contributed by atoms with Crippen LogP contribution in [0.25, 0.3) is 43.3 Å². The Kier molecular flexibility index (Phi) is 11.8. The zero-order valence-electron chi connectivity index (χ0n) is 35.3. The van der Waals surface area contributed by atoms with E-state index in [9.17, 15) is 24.0 Å². The van der Waals surface area contributed by atoms with Gasteiger partial charge in [-0.2, -0.15) is 0 Å². The maximum Gasteiger partial charge on any atom is 0.329 e. The van der Waals surface area contributed by atoms with E-state index in [1.807, 2.05) is 49.4 Å². The number of thiophene rings is 1. The van der Waals surface area contributed by atoms with Crippen LogP contribution in [0.5, 0.6) is 5.75 Å². The minimum Gasteiger partial charge on any atom is -0.490 e. The third kappa shape index (κ3) is 8.57. The highest BCUT2D eigenvalue weighted by atomic mass is 32.1. The fourth-order valence-electron chi connectivity index (χ4n) is 9.35. The van der Waals surface area contributed by atoms with Crippen LogP contribution in [-0.2, 0) is 27.9 Å². The van der Waals surface area contributed by atoms with Gasteiger partial charge in [-0.15, -0.1) is 11.3 Å². The molecule has 6 aromatic rings. The third-order valence-corrected chi connectivity index (χ3v) is 13.9. The molecule has 322 valence electrons. The van der Waals surface area contributed by atoms with Crippen molar-refractivity contribution in [3.63, 3.8) is 0 Å². The molecule has 14 heteroatoms. The smallest absolute Gasteiger partial charge is 0.329 e. The van der Waals surface area contributed by atoms with Crippen LogP contribution in [0, 0.1) is 0 Å². The van der Waals surface area contributed by atoms with Crippen molar-refractivity contribution >= 4 is 72.7 Å². The fourth-order valence-corrected chi connectivity index (χ4v) is 10.4. The summed E-state index contributed by atoms with van der Waals surface area (Å²) in [5.74, 6) is 0.200. The minimum atomic E-state index is -0.683. The highest BCUT2D eigenvalue weighted by molar-refractivity contribution is 7.21. The van der Waals surface area contributed by atoms with Crippen LogP contribution in [0.1, 0.15) is 105 Å². The Bertz CT molecular complexity index is 2750. The number of unbranched alkanes of at least 4 members (excludes halogenated alkanes) is 4. The zero-order valence-corrected chi connectivity index (χ0v) is 36.1. The number of piperidine rings is 1. The van der Waals surface area contributed by atoms with Gasteiger partial charge in [0.15, 0.2) is 0 Å². The Labute approximate surface area is 363 Å². The lowest BCUT2D eigenvalue weighted by Crippen LogP contribution is -2.44. The number of fused-ring (bicyclic) bond motifs is 6. The topological polar surface area (TPSA) is 165 Å². The van der Waals surface area contributed by atoms with Crippen LogP contribution in [-0.4, -0.2) is 62.5 Å². The van der Waals surface area contributed by atoms with E-state index < -0.39 is 11.9 Å². The number of benzene rings is 3. The van der Waals surface area contributed by atoms with Gasteiger partial charge in [-0.1, -0.05) is 25.3 Å². The molecule has 62 heavy (non-hydrogen) atoms. The number of amides is 4. The number of nitrogens with zero attached hydrogens (tertiary/aromatic N) is 3. The van der Waals surface area contributed by atoms with Crippen molar-refractivity contribution in [1.29, 1.82) is 0 Å². The lowest BCUT2D eigenvalue weighted by atomic mass is 9.92. The second kappa shape index (κ2) is 17.8. The molecule has 1 unspecified atom stereocenters. The van der Waals surface area contributed by atoms with Gasteiger partial charge in [0.1, 0.15) is 16.7 Å². The van der Waals surface area contributed by atoms with Gasteiger partial charge < -0.3 is 20.7 Å². The van der Waals surface area contributed by atoms with Gasteiger partial charge in [-0.05, 0) is 125 Å². The van der Waals surface area contributed by atoms with E-state index in [2.05, 4.69) is 45.5 Å². The van der Waals surface area contributed by atoms with E-state index in [1.165, 1.54) is 15.9 Å². The SMILES string of the molecule is C[C@@H]1CNc2c(sc3ccc4nc(-c5ccc(OC6CCC(NC(=O)CCCCCCCc7ccc8c(c7)n(C)c(=O)n8C7CCC(=O)NC7=O)CC6)cc5)ccc4c23)C(=O)N1. The van der Waals surface area contributed by atoms with Crippen molar-refractivity contribution in [3.8, 4) is 17.0 Å². The summed E-state index contributed by atoms with van der Waals surface area (Å²) in [4.78, 5) is 68.5. The molecular weight excluding hydrogens is 803 g/mol. The summed E-state index contributed by atoms with van der Waals surface area (Å²) in [6.45, 7) is 2.68. The van der Waals surface area contributed by atoms with Crippen molar-refractivity contribution in [2.75, 3.05) is 11.9 Å². The average molecular weight is 856 g/mol. The second-order valence-electron chi connectivity index (χ2n) is 17.2. The first-order valence-corrected chi connectivity index (χ1v) is 22.9. The first kappa shape index (κ1) is 41.3. The number of aryl methyl sites for hydroxylation is 2. The molecule has 5 heterocycles. The van der Waals surface area contributed by atoms with Crippen LogP contribution in [0.4, 0.5) is 5.69 Å². The number of anilines is 1. The first-order valence-electron chi connectivity index (χ1n) is 22.1. The maximum absolute atomic E-state index is 13.1. The summed E-state index contributed by atoms with van der Waals surface area (Å²) in [5.41, 5.74) is 6.04. The molecule has 2 fully saturated rings. The lowest BCUT2D eigenvalue weighted by molar-refractivity contribution is -0.135. The van der Waals surface area contributed by atoms with Gasteiger partial charge in [-0.3, -0.25) is 33.6 Å². The maximum atomic E-state index is 13.1. The summed E-state index contributed by atoms with van der Waals surface area (Å²) < 4.78 is 10.5. The van der Waals surface area contributed by atoms with Gasteiger partial charge in [0.2, 0.25) is 17.7 Å². The Balaban J connectivity index is 0.682. The zero-order chi connectivity index (χ0) is 42.9. The van der Waals surface area contributed by atoms with E-state index in [0.717, 1.165) is 124 Å². The predicted molar refractivity (Wildman–Crippen MR) is 243 cm³/mol. The van der Waals surface area contributed by atoms with Crippen LogP contribution < -0.4 is 31.7 Å². The molecule has 4 amide bonds. The fraction of sp³-hybridized carbons (Fsp3) is 0.417. The summed E-state index contributed by atoms with van der Waals surface area (Å²) in [7, 11) is 1.72. The highest BCUT2D eigenvalue weighted by Gasteiger charge is 2.31. The van der Waals surface area contributed by atoms with Gasteiger partial charge in [0.25, 0.3) is 5.91 Å². The third-order valence-electron chi connectivity index (χ3n) is 12.7. The number of imidazole rings is 1. The molecule has 3 aliphatic rings. The van der Waals surface area contributed by atoms with Gasteiger partial charge in [-0.25, -0.2) is 9.78 Å². The Hall–Kier alpha value is -6.02. The Morgan fingerprint density at radius 3 is 2.48 bits per heavy atom. The van der Waals surface area contributed by atoms with Crippen molar-refractivity contribution in [3.05, 3.63) is 87.7 Å². The summed E-state index contributed by atoms with van der Waals surface area (Å²) in [6.07, 6.45) is 10.7. The number of pyridine rings is 1. The van der Waals surface area contributed by atoms with E-state index in [0.29, 0.717) is 24.9 Å². The normalized spacial score (nSPS) is 20.4. The molecule has 13 nitrogen and oxygen atoms in total. The van der Waals surface area contributed by atoms with E-state index >= 15 is 0 Å². The number of carbonyl (C=O) groups excluding carboxylic acids is 4. The summed E-state index contributed by atoms with van der Waals surface area (Å²) >= 11 is 1.51. The molecule has 0 spiro atoms. The molecule has 1 saturated carbocycles. The molecule has 0 bridgehead atoms. The average Bonchev–Trinajstić information content (AvgIpc) is 3.72. The molecule has 3 aromatic carbocycles. The lowest BCUT2D eigenvalue weighted by Gasteiger charge is -2.29. The monoisotopic (exact) mass is 855 g/mol. The second-order valence-corrected chi connectivity index (χ2v) is 18.3. The van der Waals surface area contributed by atoms with Gasteiger partial charge in [0.05, 0.1) is 34.0 Å². The molecule has 0 radical (unpaired) electrons.